The van der Waals surface area contributed by atoms with Crippen LogP contribution < -0.4 is 0 Å². The van der Waals surface area contributed by atoms with Crippen LogP contribution in [-0.4, -0.2) is 0 Å². The molecule has 0 aliphatic heterocycles. The number of benzene rings is 1. The summed E-state index contributed by atoms with van der Waals surface area (Å²) in [4.78, 5) is 0. The van der Waals surface area contributed by atoms with Crippen LogP contribution in [0.3, 0.4) is 0 Å². The predicted octanol–water partition coefficient (Wildman–Crippen LogP) is 5.60. The maximum Gasteiger partial charge on any atom is -0.0131 e. The number of rotatable bonds is 3. The Hall–Kier alpha value is -1.04. The van der Waals surface area contributed by atoms with Gasteiger partial charge in [0.25, 0.3) is 0 Å². The molecule has 98 valence electrons. The van der Waals surface area contributed by atoms with Crippen molar-refractivity contribution in [2.45, 2.75) is 52.4 Å². The summed E-state index contributed by atoms with van der Waals surface area (Å²) in [6.45, 7) is 13.4. The van der Waals surface area contributed by atoms with Gasteiger partial charge in [0.1, 0.15) is 0 Å². The second-order valence-corrected chi connectivity index (χ2v) is 6.09. The number of fused-ring (bicyclic) bond motifs is 1. The second-order valence-electron chi connectivity index (χ2n) is 6.09. The monoisotopic (exact) mass is 242 g/mol. The van der Waals surface area contributed by atoms with Crippen LogP contribution in [0.2, 0.25) is 0 Å². The van der Waals surface area contributed by atoms with Crippen molar-refractivity contribution in [3.63, 3.8) is 0 Å². The third-order valence-electron chi connectivity index (χ3n) is 5.05. The Labute approximate surface area is 112 Å². The lowest BCUT2D eigenvalue weighted by Crippen LogP contribution is -2.24. The Morgan fingerprint density at radius 2 is 2.06 bits per heavy atom. The zero-order chi connectivity index (χ0) is 13.3. The fourth-order valence-corrected chi connectivity index (χ4v) is 3.31. The summed E-state index contributed by atoms with van der Waals surface area (Å²) in [5.74, 6) is 3.00. The van der Waals surface area contributed by atoms with E-state index in [4.69, 9.17) is 0 Å². The summed E-state index contributed by atoms with van der Waals surface area (Å²) in [6.07, 6.45) is 4.58. The van der Waals surface area contributed by atoms with Gasteiger partial charge in [0.2, 0.25) is 0 Å². The summed E-state index contributed by atoms with van der Waals surface area (Å²) >= 11 is 0. The van der Waals surface area contributed by atoms with Gasteiger partial charge in [0.05, 0.1) is 0 Å². The van der Waals surface area contributed by atoms with Crippen LogP contribution in [-0.2, 0) is 0 Å². The SMILES string of the molecule is C=Cc1ccc2c(c1)C(C)C(C)CC2C(C)CC. The fourth-order valence-electron chi connectivity index (χ4n) is 3.31. The van der Waals surface area contributed by atoms with Gasteiger partial charge in [-0.2, -0.15) is 0 Å². The first-order valence-electron chi connectivity index (χ1n) is 7.34. The molecule has 4 atom stereocenters. The summed E-state index contributed by atoms with van der Waals surface area (Å²) < 4.78 is 0. The van der Waals surface area contributed by atoms with Gasteiger partial charge in [-0.05, 0) is 46.8 Å². The maximum absolute atomic E-state index is 3.89. The Morgan fingerprint density at radius 1 is 1.33 bits per heavy atom. The van der Waals surface area contributed by atoms with Crippen LogP contribution in [0.4, 0.5) is 0 Å². The minimum atomic E-state index is 0.681. The average Bonchev–Trinajstić information content (AvgIpc) is 2.41. The Kier molecular flexibility index (Phi) is 3.94. The Morgan fingerprint density at radius 3 is 2.67 bits per heavy atom. The van der Waals surface area contributed by atoms with Crippen molar-refractivity contribution in [2.24, 2.45) is 11.8 Å². The van der Waals surface area contributed by atoms with Crippen LogP contribution in [0.25, 0.3) is 6.08 Å². The molecule has 2 rings (SSSR count). The topological polar surface area (TPSA) is 0 Å². The van der Waals surface area contributed by atoms with Crippen LogP contribution in [0.1, 0.15) is 69.1 Å². The molecule has 0 spiro atoms. The Balaban J connectivity index is 2.47. The van der Waals surface area contributed by atoms with E-state index in [1.54, 1.807) is 11.1 Å². The lowest BCUT2D eigenvalue weighted by atomic mass is 9.67. The standard InChI is InChI=1S/C18H26/c1-6-12(3)17-10-13(4)14(5)18-11-15(7-2)8-9-16(17)18/h7-9,11-14,17H,2,6,10H2,1,3-5H3. The first-order chi connectivity index (χ1) is 8.58. The Bertz CT molecular complexity index is 430. The minimum Gasteiger partial charge on any atom is -0.0985 e. The van der Waals surface area contributed by atoms with Gasteiger partial charge in [-0.15, -0.1) is 0 Å². The maximum atomic E-state index is 3.89. The number of hydrogen-bond donors (Lipinski definition) is 0. The van der Waals surface area contributed by atoms with Crippen molar-refractivity contribution in [1.29, 1.82) is 0 Å². The van der Waals surface area contributed by atoms with E-state index < -0.39 is 0 Å². The predicted molar refractivity (Wildman–Crippen MR) is 80.9 cm³/mol. The van der Waals surface area contributed by atoms with E-state index in [0.29, 0.717) is 5.92 Å². The molecule has 1 aliphatic rings. The molecule has 0 heteroatoms. The summed E-state index contributed by atoms with van der Waals surface area (Å²) in [7, 11) is 0. The molecule has 0 saturated carbocycles. The van der Waals surface area contributed by atoms with E-state index in [0.717, 1.165) is 17.8 Å². The third kappa shape index (κ3) is 2.25. The molecule has 18 heavy (non-hydrogen) atoms. The van der Waals surface area contributed by atoms with E-state index in [9.17, 15) is 0 Å². The molecule has 0 nitrogen and oxygen atoms in total. The van der Waals surface area contributed by atoms with Crippen LogP contribution in [0.5, 0.6) is 0 Å². The molecule has 0 heterocycles. The highest BCUT2D eigenvalue weighted by Gasteiger charge is 2.32. The van der Waals surface area contributed by atoms with Gasteiger partial charge >= 0.3 is 0 Å². The van der Waals surface area contributed by atoms with Crippen molar-refractivity contribution in [2.75, 3.05) is 0 Å². The van der Waals surface area contributed by atoms with Gasteiger partial charge in [0.15, 0.2) is 0 Å². The summed E-state index contributed by atoms with van der Waals surface area (Å²) in [5, 5.41) is 0. The average molecular weight is 242 g/mol. The summed E-state index contributed by atoms with van der Waals surface area (Å²) in [6, 6.07) is 6.94. The molecule has 0 radical (unpaired) electrons. The highest BCUT2D eigenvalue weighted by Crippen LogP contribution is 2.46. The molecule has 0 amide bonds. The molecular weight excluding hydrogens is 216 g/mol. The lowest BCUT2D eigenvalue weighted by Gasteiger charge is -2.37. The summed E-state index contributed by atoms with van der Waals surface area (Å²) in [5.41, 5.74) is 4.43. The molecule has 0 saturated heterocycles. The quantitative estimate of drug-likeness (QED) is 0.647. The highest BCUT2D eigenvalue weighted by atomic mass is 14.4. The van der Waals surface area contributed by atoms with Gasteiger partial charge in [-0.1, -0.05) is 65.0 Å². The zero-order valence-electron chi connectivity index (χ0n) is 12.2. The molecule has 0 bridgehead atoms. The molecule has 1 aromatic rings. The third-order valence-corrected chi connectivity index (χ3v) is 5.05. The van der Waals surface area contributed by atoms with Crippen LogP contribution >= 0.6 is 0 Å². The molecule has 0 fully saturated rings. The molecule has 4 unspecified atom stereocenters. The molecule has 0 aromatic heterocycles. The van der Waals surface area contributed by atoms with E-state index in [1.165, 1.54) is 18.4 Å². The molecular formula is C18H26. The van der Waals surface area contributed by atoms with Crippen molar-refractivity contribution in [1.82, 2.24) is 0 Å². The zero-order valence-corrected chi connectivity index (χ0v) is 12.2. The first kappa shape index (κ1) is 13.4. The van der Waals surface area contributed by atoms with E-state index in [2.05, 4.69) is 52.5 Å². The first-order valence-corrected chi connectivity index (χ1v) is 7.34. The van der Waals surface area contributed by atoms with Crippen molar-refractivity contribution in [3.05, 3.63) is 41.5 Å². The van der Waals surface area contributed by atoms with E-state index >= 15 is 0 Å². The highest BCUT2D eigenvalue weighted by molar-refractivity contribution is 5.52. The second kappa shape index (κ2) is 5.30. The number of hydrogen-bond acceptors (Lipinski definition) is 0. The van der Waals surface area contributed by atoms with Gasteiger partial charge in [-0.3, -0.25) is 0 Å². The van der Waals surface area contributed by atoms with Crippen molar-refractivity contribution < 1.29 is 0 Å². The molecule has 0 N–H and O–H groups in total. The van der Waals surface area contributed by atoms with Crippen molar-refractivity contribution >= 4 is 6.08 Å². The van der Waals surface area contributed by atoms with E-state index in [-0.39, 0.29) is 0 Å². The fraction of sp³-hybridized carbons (Fsp3) is 0.556. The normalized spacial score (nSPS) is 28.6. The van der Waals surface area contributed by atoms with Crippen LogP contribution in [0, 0.1) is 11.8 Å². The minimum absolute atomic E-state index is 0.681. The smallest absolute Gasteiger partial charge is 0.0131 e. The van der Waals surface area contributed by atoms with E-state index in [1.807, 2.05) is 6.08 Å². The molecule has 1 aliphatic carbocycles. The van der Waals surface area contributed by atoms with Gasteiger partial charge in [-0.25, -0.2) is 0 Å². The van der Waals surface area contributed by atoms with Gasteiger partial charge in [0, 0.05) is 0 Å². The van der Waals surface area contributed by atoms with Gasteiger partial charge < -0.3 is 0 Å². The largest absolute Gasteiger partial charge is 0.0985 e. The van der Waals surface area contributed by atoms with Crippen LogP contribution in [0.15, 0.2) is 24.8 Å². The lowest BCUT2D eigenvalue weighted by molar-refractivity contribution is 0.311. The molecule has 1 aromatic carbocycles. The van der Waals surface area contributed by atoms with Crippen molar-refractivity contribution in [3.8, 4) is 0 Å².